The molecule has 3 atom stereocenters. The van der Waals surface area contributed by atoms with Gasteiger partial charge in [-0.1, -0.05) is 29.5 Å². The van der Waals surface area contributed by atoms with E-state index in [1.807, 2.05) is 6.20 Å². The highest BCUT2D eigenvalue weighted by atomic mass is 127. The van der Waals surface area contributed by atoms with Gasteiger partial charge in [-0.15, -0.1) is 0 Å². The first-order valence-electron chi connectivity index (χ1n) is 13.2. The first-order valence-corrected chi connectivity index (χ1v) is 14.5. The van der Waals surface area contributed by atoms with Crippen LogP contribution in [0.1, 0.15) is 83.9 Å². The maximum Gasteiger partial charge on any atom is 0.133 e. The van der Waals surface area contributed by atoms with Crippen molar-refractivity contribution in [2.75, 3.05) is 31.1 Å². The quantitative estimate of drug-likeness (QED) is 0.376. The molecule has 1 aliphatic carbocycles. The van der Waals surface area contributed by atoms with Crippen LogP contribution in [-0.2, 0) is 0 Å². The first-order chi connectivity index (χ1) is 15.5. The zero-order valence-corrected chi connectivity index (χ0v) is 22.5. The zero-order valence-electron chi connectivity index (χ0n) is 20.3. The monoisotopic (exact) mass is 551 g/mol. The van der Waals surface area contributed by atoms with Gasteiger partial charge in [0.15, 0.2) is 0 Å². The van der Waals surface area contributed by atoms with Crippen LogP contribution in [0, 0.1) is 5.92 Å². The van der Waals surface area contributed by atoms with Crippen LogP contribution in [-0.4, -0.2) is 74.0 Å². The van der Waals surface area contributed by atoms with Crippen molar-refractivity contribution in [1.29, 1.82) is 0 Å². The SMILES string of the molecule is CC(C)N1CC2CCC(C1)N2c1ccnc(C2CCN([C@H]3CC[C@@H](C(C)I)CC3)CC2)n1. The predicted molar refractivity (Wildman–Crippen MR) is 141 cm³/mol. The van der Waals surface area contributed by atoms with Crippen molar-refractivity contribution in [3.8, 4) is 0 Å². The number of piperazine rings is 1. The molecule has 0 aromatic carbocycles. The van der Waals surface area contributed by atoms with Gasteiger partial charge >= 0.3 is 0 Å². The summed E-state index contributed by atoms with van der Waals surface area (Å²) in [5.74, 6) is 3.78. The maximum absolute atomic E-state index is 5.17. The molecule has 1 aromatic heterocycles. The number of piperidine rings is 1. The van der Waals surface area contributed by atoms with Gasteiger partial charge in [-0.05, 0) is 90.3 Å². The van der Waals surface area contributed by atoms with Crippen LogP contribution in [0.25, 0.3) is 0 Å². The fraction of sp³-hybridized carbons (Fsp3) is 0.846. The van der Waals surface area contributed by atoms with E-state index in [0.717, 1.165) is 21.7 Å². The molecule has 0 radical (unpaired) electrons. The molecule has 32 heavy (non-hydrogen) atoms. The van der Waals surface area contributed by atoms with E-state index in [-0.39, 0.29) is 0 Å². The van der Waals surface area contributed by atoms with E-state index in [4.69, 9.17) is 9.97 Å². The number of anilines is 1. The van der Waals surface area contributed by atoms with Gasteiger partial charge in [0, 0.05) is 53.3 Å². The van der Waals surface area contributed by atoms with Crippen LogP contribution >= 0.6 is 22.6 Å². The Morgan fingerprint density at radius 3 is 2.09 bits per heavy atom. The molecule has 178 valence electrons. The number of hydrogen-bond acceptors (Lipinski definition) is 5. The summed E-state index contributed by atoms with van der Waals surface area (Å²) in [5.41, 5.74) is 0. The average Bonchev–Trinajstić information content (AvgIpc) is 3.08. The van der Waals surface area contributed by atoms with Crippen molar-refractivity contribution in [3.63, 3.8) is 0 Å². The minimum Gasteiger partial charge on any atom is -0.348 e. The lowest BCUT2D eigenvalue weighted by atomic mass is 9.83. The van der Waals surface area contributed by atoms with Gasteiger partial charge in [0.2, 0.25) is 0 Å². The van der Waals surface area contributed by atoms with Crippen LogP contribution in [0.5, 0.6) is 0 Å². The summed E-state index contributed by atoms with van der Waals surface area (Å²) in [6.45, 7) is 11.9. The van der Waals surface area contributed by atoms with Crippen molar-refractivity contribution < 1.29 is 0 Å². The van der Waals surface area contributed by atoms with Gasteiger partial charge in [0.05, 0.1) is 0 Å². The lowest BCUT2D eigenvalue weighted by molar-refractivity contribution is 0.107. The summed E-state index contributed by atoms with van der Waals surface area (Å²) in [7, 11) is 0. The number of aromatic nitrogens is 2. The normalized spacial score (nSPS) is 33.7. The molecule has 3 aliphatic heterocycles. The maximum atomic E-state index is 5.17. The number of alkyl halides is 1. The Bertz CT molecular complexity index is 740. The molecule has 6 heteroatoms. The fourth-order valence-electron chi connectivity index (χ4n) is 6.88. The minimum atomic E-state index is 0.534. The number of fused-ring (bicyclic) bond motifs is 2. The first kappa shape index (κ1) is 23.3. The van der Waals surface area contributed by atoms with E-state index in [0.29, 0.717) is 24.0 Å². The standard InChI is InChI=1S/C26H42IN5/c1-18(2)31-16-23-8-9-24(17-31)32(23)25-10-13-28-26(29-25)21-11-14-30(15-12-21)22-6-4-20(5-7-22)19(3)27/h10,13,18-24H,4-9,11-12,14-17H2,1-3H3/t19?,20-,22+,23?,24?. The third kappa shape index (κ3) is 4.83. The molecular weight excluding hydrogens is 509 g/mol. The third-order valence-corrected chi connectivity index (χ3v) is 9.98. The van der Waals surface area contributed by atoms with Crippen LogP contribution in [0.15, 0.2) is 12.3 Å². The predicted octanol–water partition coefficient (Wildman–Crippen LogP) is 5.10. The molecule has 3 unspecified atom stereocenters. The number of rotatable bonds is 5. The van der Waals surface area contributed by atoms with Crippen molar-refractivity contribution in [1.82, 2.24) is 19.8 Å². The van der Waals surface area contributed by atoms with Crippen molar-refractivity contribution in [3.05, 3.63) is 18.1 Å². The van der Waals surface area contributed by atoms with E-state index in [1.54, 1.807) is 0 Å². The zero-order chi connectivity index (χ0) is 22.2. The van der Waals surface area contributed by atoms with Crippen molar-refractivity contribution >= 4 is 28.4 Å². The van der Waals surface area contributed by atoms with Crippen LogP contribution in [0.3, 0.4) is 0 Å². The number of hydrogen-bond donors (Lipinski definition) is 0. The molecule has 5 rings (SSSR count). The summed E-state index contributed by atoms with van der Waals surface area (Å²) in [6, 6.07) is 4.89. The van der Waals surface area contributed by atoms with Gasteiger partial charge < -0.3 is 9.80 Å². The molecule has 4 fully saturated rings. The average molecular weight is 552 g/mol. The molecule has 1 aromatic rings. The molecule has 5 nitrogen and oxygen atoms in total. The molecule has 4 aliphatic rings. The molecule has 2 bridgehead atoms. The second-order valence-corrected chi connectivity index (χ2v) is 13.1. The van der Waals surface area contributed by atoms with Crippen LogP contribution in [0.4, 0.5) is 5.82 Å². The summed E-state index contributed by atoms with van der Waals surface area (Å²) in [6.07, 6.45) is 12.7. The fourth-order valence-corrected chi connectivity index (χ4v) is 7.60. The highest BCUT2D eigenvalue weighted by Crippen LogP contribution is 2.37. The Morgan fingerprint density at radius 1 is 0.875 bits per heavy atom. The lowest BCUT2D eigenvalue weighted by Gasteiger charge is -2.43. The van der Waals surface area contributed by atoms with Gasteiger partial charge in [0.1, 0.15) is 11.6 Å². The lowest BCUT2D eigenvalue weighted by Crippen LogP contribution is -2.55. The molecule has 0 amide bonds. The second kappa shape index (κ2) is 10.0. The molecular formula is C26H42IN5. The molecule has 3 saturated heterocycles. The van der Waals surface area contributed by atoms with E-state index < -0.39 is 0 Å². The van der Waals surface area contributed by atoms with Crippen LogP contribution in [0.2, 0.25) is 0 Å². The van der Waals surface area contributed by atoms with E-state index in [1.165, 1.54) is 83.4 Å². The van der Waals surface area contributed by atoms with Crippen molar-refractivity contribution in [2.45, 2.75) is 106 Å². The Kier molecular flexibility index (Phi) is 7.29. The third-order valence-electron chi connectivity index (χ3n) is 8.97. The Morgan fingerprint density at radius 2 is 1.50 bits per heavy atom. The molecule has 1 saturated carbocycles. The molecule has 0 N–H and O–H groups in total. The van der Waals surface area contributed by atoms with Crippen LogP contribution < -0.4 is 4.90 Å². The van der Waals surface area contributed by atoms with Gasteiger partial charge in [-0.3, -0.25) is 4.90 Å². The smallest absolute Gasteiger partial charge is 0.133 e. The van der Waals surface area contributed by atoms with Gasteiger partial charge in [-0.2, -0.15) is 0 Å². The van der Waals surface area contributed by atoms with E-state index in [2.05, 4.69) is 64.1 Å². The highest BCUT2D eigenvalue weighted by molar-refractivity contribution is 14.1. The minimum absolute atomic E-state index is 0.534. The number of likely N-dealkylation sites (tertiary alicyclic amines) is 2. The molecule has 4 heterocycles. The summed E-state index contributed by atoms with van der Waals surface area (Å²) in [5, 5.41) is 0. The van der Waals surface area contributed by atoms with E-state index >= 15 is 0 Å². The number of halogens is 1. The van der Waals surface area contributed by atoms with Gasteiger partial charge in [-0.25, -0.2) is 9.97 Å². The van der Waals surface area contributed by atoms with Gasteiger partial charge in [0.25, 0.3) is 0 Å². The number of nitrogens with zero attached hydrogens (tertiary/aromatic N) is 5. The summed E-state index contributed by atoms with van der Waals surface area (Å²) < 4.78 is 0.826. The molecule has 0 spiro atoms. The van der Waals surface area contributed by atoms with E-state index in [9.17, 15) is 0 Å². The summed E-state index contributed by atoms with van der Waals surface area (Å²) in [4.78, 5) is 18.0. The Balaban J connectivity index is 1.19. The van der Waals surface area contributed by atoms with Crippen molar-refractivity contribution in [2.24, 2.45) is 5.92 Å². The Hall–Kier alpha value is -0.470. The Labute approximate surface area is 208 Å². The largest absolute Gasteiger partial charge is 0.348 e. The topological polar surface area (TPSA) is 35.5 Å². The highest BCUT2D eigenvalue weighted by Gasteiger charge is 2.41. The second-order valence-electron chi connectivity index (χ2n) is 11.2. The summed E-state index contributed by atoms with van der Waals surface area (Å²) >= 11 is 2.63.